The van der Waals surface area contributed by atoms with Gasteiger partial charge in [0.25, 0.3) is 10.0 Å². The Morgan fingerprint density at radius 1 is 1.32 bits per heavy atom. The van der Waals surface area contributed by atoms with E-state index in [0.717, 1.165) is 24.8 Å². The van der Waals surface area contributed by atoms with Gasteiger partial charge in [-0.05, 0) is 25.1 Å². The summed E-state index contributed by atoms with van der Waals surface area (Å²) in [4.78, 5) is 4.05. The van der Waals surface area contributed by atoms with Crippen LogP contribution in [-0.4, -0.2) is 38.3 Å². The first-order valence-corrected chi connectivity index (χ1v) is 8.02. The topological polar surface area (TPSA) is 62.3 Å². The Balaban J connectivity index is 2.75. The Hall–Kier alpha value is -0.980. The van der Waals surface area contributed by atoms with E-state index in [-0.39, 0.29) is 5.03 Å². The first kappa shape index (κ1) is 16.1. The van der Waals surface area contributed by atoms with E-state index in [1.54, 1.807) is 25.4 Å². The molecule has 0 atom stereocenters. The Morgan fingerprint density at radius 2 is 2.05 bits per heavy atom. The van der Waals surface area contributed by atoms with E-state index in [0.29, 0.717) is 13.1 Å². The van der Waals surface area contributed by atoms with Crippen molar-refractivity contribution in [1.82, 2.24) is 14.6 Å². The Labute approximate surface area is 116 Å². The zero-order valence-electron chi connectivity index (χ0n) is 11.9. The van der Waals surface area contributed by atoms with Crippen LogP contribution in [0.1, 0.15) is 31.7 Å². The SMILES string of the molecule is CCCCCN(C)S(=O)(=O)c1ccc(CNC)cn1. The summed E-state index contributed by atoms with van der Waals surface area (Å²) in [6.07, 6.45) is 4.59. The predicted octanol–water partition coefficient (Wildman–Crippen LogP) is 1.61. The van der Waals surface area contributed by atoms with E-state index in [1.165, 1.54) is 4.31 Å². The quantitative estimate of drug-likeness (QED) is 0.737. The molecule has 0 spiro atoms. The molecular formula is C13H23N3O2S. The van der Waals surface area contributed by atoms with Crippen molar-refractivity contribution in [2.75, 3.05) is 20.6 Å². The molecule has 0 amide bonds. The molecule has 108 valence electrons. The van der Waals surface area contributed by atoms with E-state index in [2.05, 4.69) is 17.2 Å². The number of pyridine rings is 1. The molecule has 1 heterocycles. The molecule has 0 saturated heterocycles. The van der Waals surface area contributed by atoms with Gasteiger partial charge in [0.15, 0.2) is 5.03 Å². The maximum atomic E-state index is 12.2. The number of unbranched alkanes of at least 4 members (excludes halogenated alkanes) is 2. The third-order valence-corrected chi connectivity index (χ3v) is 4.70. The van der Waals surface area contributed by atoms with Crippen LogP contribution in [0, 0.1) is 0 Å². The lowest BCUT2D eigenvalue weighted by Gasteiger charge is -2.16. The minimum atomic E-state index is -3.45. The van der Waals surface area contributed by atoms with Crippen LogP contribution in [0.3, 0.4) is 0 Å². The standard InChI is InChI=1S/C13H23N3O2S/c1-4-5-6-9-16(3)19(17,18)13-8-7-12(10-14-2)11-15-13/h7-8,11,14H,4-6,9-10H2,1-3H3. The molecule has 0 bridgehead atoms. The van der Waals surface area contributed by atoms with Crippen molar-refractivity contribution in [3.05, 3.63) is 23.9 Å². The minimum Gasteiger partial charge on any atom is -0.316 e. The van der Waals surface area contributed by atoms with Gasteiger partial charge in [0.05, 0.1) is 0 Å². The van der Waals surface area contributed by atoms with Crippen molar-refractivity contribution in [1.29, 1.82) is 0 Å². The van der Waals surface area contributed by atoms with Crippen LogP contribution in [0.2, 0.25) is 0 Å². The zero-order chi connectivity index (χ0) is 14.3. The third kappa shape index (κ3) is 4.56. The molecule has 0 aliphatic heterocycles. The second-order valence-corrected chi connectivity index (χ2v) is 6.56. The minimum absolute atomic E-state index is 0.117. The fourth-order valence-corrected chi connectivity index (χ4v) is 2.85. The van der Waals surface area contributed by atoms with Gasteiger partial charge >= 0.3 is 0 Å². The lowest BCUT2D eigenvalue weighted by Crippen LogP contribution is -2.28. The van der Waals surface area contributed by atoms with Crippen molar-refractivity contribution in [2.24, 2.45) is 0 Å². The van der Waals surface area contributed by atoms with Crippen LogP contribution in [0.15, 0.2) is 23.4 Å². The number of hydrogen-bond acceptors (Lipinski definition) is 4. The number of hydrogen-bond donors (Lipinski definition) is 1. The lowest BCUT2D eigenvalue weighted by molar-refractivity contribution is 0.452. The second-order valence-electron chi connectivity index (χ2n) is 4.57. The molecule has 0 unspecified atom stereocenters. The summed E-state index contributed by atoms with van der Waals surface area (Å²) in [5, 5.41) is 3.12. The van der Waals surface area contributed by atoms with Crippen LogP contribution in [0.5, 0.6) is 0 Å². The van der Waals surface area contributed by atoms with Gasteiger partial charge in [0.1, 0.15) is 0 Å². The summed E-state index contributed by atoms with van der Waals surface area (Å²) in [5.41, 5.74) is 0.968. The Morgan fingerprint density at radius 3 is 2.58 bits per heavy atom. The lowest BCUT2D eigenvalue weighted by atomic mass is 10.2. The first-order valence-electron chi connectivity index (χ1n) is 6.58. The van der Waals surface area contributed by atoms with Crippen molar-refractivity contribution in [3.63, 3.8) is 0 Å². The number of sulfonamides is 1. The normalized spacial score (nSPS) is 12.0. The largest absolute Gasteiger partial charge is 0.316 e. The van der Waals surface area contributed by atoms with E-state index in [9.17, 15) is 8.42 Å². The monoisotopic (exact) mass is 285 g/mol. The highest BCUT2D eigenvalue weighted by atomic mass is 32.2. The van der Waals surface area contributed by atoms with E-state index in [4.69, 9.17) is 0 Å². The predicted molar refractivity (Wildman–Crippen MR) is 76.3 cm³/mol. The van der Waals surface area contributed by atoms with Crippen LogP contribution in [0.4, 0.5) is 0 Å². The number of aromatic nitrogens is 1. The summed E-state index contributed by atoms with van der Waals surface area (Å²) in [7, 11) is -0.00455. The van der Waals surface area contributed by atoms with Gasteiger partial charge in [0.2, 0.25) is 0 Å². The van der Waals surface area contributed by atoms with E-state index >= 15 is 0 Å². The molecule has 1 aromatic rings. The molecule has 0 aromatic carbocycles. The summed E-state index contributed by atoms with van der Waals surface area (Å²) in [5.74, 6) is 0. The van der Waals surface area contributed by atoms with E-state index in [1.807, 2.05) is 7.05 Å². The van der Waals surface area contributed by atoms with Crippen LogP contribution in [-0.2, 0) is 16.6 Å². The van der Waals surface area contributed by atoms with Crippen LogP contribution < -0.4 is 5.32 Å². The zero-order valence-corrected chi connectivity index (χ0v) is 12.7. The summed E-state index contributed by atoms with van der Waals surface area (Å²) in [6.45, 7) is 3.31. The molecule has 0 aliphatic carbocycles. The van der Waals surface area contributed by atoms with Gasteiger partial charge in [-0.2, -0.15) is 4.31 Å². The first-order chi connectivity index (χ1) is 9.02. The second kappa shape index (κ2) is 7.57. The van der Waals surface area contributed by atoms with Crippen molar-refractivity contribution in [2.45, 2.75) is 37.8 Å². The highest BCUT2D eigenvalue weighted by Gasteiger charge is 2.21. The highest BCUT2D eigenvalue weighted by molar-refractivity contribution is 7.89. The average molecular weight is 285 g/mol. The van der Waals surface area contributed by atoms with E-state index < -0.39 is 10.0 Å². The Bertz CT molecular complexity index is 471. The number of rotatable bonds is 8. The molecule has 0 aliphatic rings. The fraction of sp³-hybridized carbons (Fsp3) is 0.615. The maximum absolute atomic E-state index is 12.2. The molecule has 0 radical (unpaired) electrons. The Kier molecular flexibility index (Phi) is 6.41. The maximum Gasteiger partial charge on any atom is 0.260 e. The molecule has 1 rings (SSSR count). The van der Waals surface area contributed by atoms with Gasteiger partial charge in [-0.15, -0.1) is 0 Å². The summed E-state index contributed by atoms with van der Waals surface area (Å²) >= 11 is 0. The van der Waals surface area contributed by atoms with Crippen LogP contribution >= 0.6 is 0 Å². The van der Waals surface area contributed by atoms with Crippen LogP contribution in [0.25, 0.3) is 0 Å². The third-order valence-electron chi connectivity index (χ3n) is 2.93. The van der Waals surface area contributed by atoms with Gasteiger partial charge in [-0.1, -0.05) is 25.8 Å². The molecule has 0 fully saturated rings. The molecule has 19 heavy (non-hydrogen) atoms. The summed E-state index contributed by atoms with van der Waals surface area (Å²) in [6, 6.07) is 3.36. The molecule has 6 heteroatoms. The van der Waals surface area contributed by atoms with Gasteiger partial charge < -0.3 is 5.32 Å². The van der Waals surface area contributed by atoms with Gasteiger partial charge in [-0.25, -0.2) is 13.4 Å². The van der Waals surface area contributed by atoms with Crippen molar-refractivity contribution >= 4 is 10.0 Å². The van der Waals surface area contributed by atoms with Crippen molar-refractivity contribution in [3.8, 4) is 0 Å². The number of nitrogens with zero attached hydrogens (tertiary/aromatic N) is 2. The number of nitrogens with one attached hydrogen (secondary N) is 1. The molecular weight excluding hydrogens is 262 g/mol. The molecule has 1 aromatic heterocycles. The average Bonchev–Trinajstić information content (AvgIpc) is 2.40. The van der Waals surface area contributed by atoms with Gasteiger partial charge in [-0.3, -0.25) is 0 Å². The molecule has 5 nitrogen and oxygen atoms in total. The smallest absolute Gasteiger partial charge is 0.260 e. The fourth-order valence-electron chi connectivity index (χ4n) is 1.74. The highest BCUT2D eigenvalue weighted by Crippen LogP contribution is 2.13. The van der Waals surface area contributed by atoms with Crippen molar-refractivity contribution < 1.29 is 8.42 Å². The summed E-state index contributed by atoms with van der Waals surface area (Å²) < 4.78 is 25.9. The van der Waals surface area contributed by atoms with Gasteiger partial charge in [0, 0.05) is 26.3 Å². The molecule has 0 saturated carbocycles. The molecule has 1 N–H and O–H groups in total.